The van der Waals surface area contributed by atoms with Crippen LogP contribution in [0.4, 0.5) is 10.1 Å². The fourth-order valence-corrected chi connectivity index (χ4v) is 3.10. The van der Waals surface area contributed by atoms with Gasteiger partial charge >= 0.3 is 5.97 Å². The number of nitrogen functional groups attached to an aromatic ring is 1. The highest BCUT2D eigenvalue weighted by molar-refractivity contribution is 9.10. The van der Waals surface area contributed by atoms with Gasteiger partial charge < -0.3 is 10.5 Å². The van der Waals surface area contributed by atoms with Crippen molar-refractivity contribution in [1.82, 2.24) is 0 Å². The number of anilines is 1. The highest BCUT2D eigenvalue weighted by Gasteiger charge is 2.17. The molecule has 18 heavy (non-hydrogen) atoms. The van der Waals surface area contributed by atoms with Crippen LogP contribution in [0.2, 0.25) is 0 Å². The van der Waals surface area contributed by atoms with Crippen LogP contribution in [0.5, 0.6) is 0 Å². The predicted octanol–water partition coefficient (Wildman–Crippen LogP) is 3.69. The van der Waals surface area contributed by atoms with Crippen molar-refractivity contribution in [2.24, 2.45) is 0 Å². The summed E-state index contributed by atoms with van der Waals surface area (Å²) >= 11 is 4.51. The van der Waals surface area contributed by atoms with Crippen LogP contribution >= 0.6 is 27.3 Å². The first-order chi connectivity index (χ1) is 8.52. The Balaban J connectivity index is 2.52. The van der Waals surface area contributed by atoms with Crippen molar-refractivity contribution < 1.29 is 13.9 Å². The molecule has 0 amide bonds. The van der Waals surface area contributed by atoms with Gasteiger partial charge in [-0.1, -0.05) is 15.9 Å². The minimum absolute atomic E-state index is 0.323. The molecule has 1 heterocycles. The Morgan fingerprint density at radius 2 is 2.17 bits per heavy atom. The van der Waals surface area contributed by atoms with E-state index in [2.05, 4.69) is 20.7 Å². The highest BCUT2D eigenvalue weighted by Crippen LogP contribution is 2.37. The molecule has 1 aromatic heterocycles. The van der Waals surface area contributed by atoms with Gasteiger partial charge in [0.05, 0.1) is 12.8 Å². The van der Waals surface area contributed by atoms with Gasteiger partial charge in [0.25, 0.3) is 0 Å². The molecule has 0 spiro atoms. The maximum Gasteiger partial charge on any atom is 0.350 e. The van der Waals surface area contributed by atoms with Gasteiger partial charge in [0.15, 0.2) is 0 Å². The summed E-state index contributed by atoms with van der Waals surface area (Å²) in [6.07, 6.45) is 0. The van der Waals surface area contributed by atoms with E-state index in [-0.39, 0.29) is 5.82 Å². The molecule has 0 radical (unpaired) electrons. The third kappa shape index (κ3) is 2.39. The third-order valence-corrected chi connectivity index (χ3v) is 4.18. The van der Waals surface area contributed by atoms with Gasteiger partial charge in [-0.2, -0.15) is 0 Å². The summed E-state index contributed by atoms with van der Waals surface area (Å²) in [6, 6.07) is 5.98. The normalized spacial score (nSPS) is 10.4. The lowest BCUT2D eigenvalue weighted by atomic mass is 10.2. The molecule has 2 rings (SSSR count). The Kier molecular flexibility index (Phi) is 3.68. The molecule has 0 aliphatic heterocycles. The number of carbonyl (C=O) groups is 1. The Morgan fingerprint density at radius 1 is 1.44 bits per heavy atom. The first-order valence-corrected chi connectivity index (χ1v) is 6.57. The van der Waals surface area contributed by atoms with Gasteiger partial charge in [0.2, 0.25) is 0 Å². The number of esters is 1. The smallest absolute Gasteiger partial charge is 0.350 e. The van der Waals surface area contributed by atoms with Crippen molar-refractivity contribution in [2.75, 3.05) is 12.8 Å². The standard InChI is InChI=1S/C12H9BrFNO2S/c1-17-12(16)11-9(15)5-10(18-11)7-4-6(14)2-3-8(7)13/h2-5H,15H2,1H3. The largest absolute Gasteiger partial charge is 0.465 e. The summed E-state index contributed by atoms with van der Waals surface area (Å²) in [5.41, 5.74) is 6.73. The average molecular weight is 330 g/mol. The maximum atomic E-state index is 13.2. The van der Waals surface area contributed by atoms with Gasteiger partial charge in [0.1, 0.15) is 10.7 Å². The van der Waals surface area contributed by atoms with E-state index < -0.39 is 5.97 Å². The SMILES string of the molecule is COC(=O)c1sc(-c2cc(F)ccc2Br)cc1N. The first kappa shape index (κ1) is 13.0. The zero-order valence-electron chi connectivity index (χ0n) is 9.37. The number of carbonyl (C=O) groups excluding carboxylic acids is 1. The molecule has 0 bridgehead atoms. The van der Waals surface area contributed by atoms with Crippen molar-refractivity contribution in [3.8, 4) is 10.4 Å². The molecule has 0 fully saturated rings. The number of benzene rings is 1. The summed E-state index contributed by atoms with van der Waals surface area (Å²) in [4.78, 5) is 12.5. The van der Waals surface area contributed by atoms with Crippen LogP contribution in [-0.4, -0.2) is 13.1 Å². The van der Waals surface area contributed by atoms with Crippen molar-refractivity contribution in [3.63, 3.8) is 0 Å². The number of thiophene rings is 1. The second-order valence-corrected chi connectivity index (χ2v) is 5.42. The quantitative estimate of drug-likeness (QED) is 0.855. The van der Waals surface area contributed by atoms with Crippen molar-refractivity contribution in [2.45, 2.75) is 0 Å². The van der Waals surface area contributed by atoms with Crippen LogP contribution in [0.1, 0.15) is 9.67 Å². The van der Waals surface area contributed by atoms with E-state index in [0.29, 0.717) is 21.0 Å². The Bertz CT molecular complexity index is 612. The van der Waals surface area contributed by atoms with E-state index in [9.17, 15) is 9.18 Å². The van der Waals surface area contributed by atoms with Crippen LogP contribution in [0.3, 0.4) is 0 Å². The number of methoxy groups -OCH3 is 1. The number of hydrogen-bond acceptors (Lipinski definition) is 4. The summed E-state index contributed by atoms with van der Waals surface area (Å²) in [5, 5.41) is 0. The first-order valence-electron chi connectivity index (χ1n) is 4.96. The molecule has 0 saturated carbocycles. The molecule has 1 aromatic carbocycles. The lowest BCUT2D eigenvalue weighted by Gasteiger charge is -2.01. The van der Waals surface area contributed by atoms with Gasteiger partial charge in [0, 0.05) is 14.9 Å². The van der Waals surface area contributed by atoms with Crippen LogP contribution in [-0.2, 0) is 4.74 Å². The van der Waals surface area contributed by atoms with Gasteiger partial charge in [-0.05, 0) is 24.3 Å². The number of halogens is 2. The van der Waals surface area contributed by atoms with E-state index in [1.165, 1.54) is 30.6 Å². The summed E-state index contributed by atoms with van der Waals surface area (Å²) < 4.78 is 18.6. The third-order valence-electron chi connectivity index (χ3n) is 2.33. The number of hydrogen-bond donors (Lipinski definition) is 1. The van der Waals surface area contributed by atoms with Crippen molar-refractivity contribution in [3.05, 3.63) is 39.4 Å². The summed E-state index contributed by atoms with van der Waals surface area (Å²) in [7, 11) is 1.29. The van der Waals surface area contributed by atoms with E-state index >= 15 is 0 Å². The molecule has 2 N–H and O–H groups in total. The average Bonchev–Trinajstić information content (AvgIpc) is 2.73. The Labute approximate surface area is 116 Å². The second kappa shape index (κ2) is 5.07. The van der Waals surface area contributed by atoms with Crippen LogP contribution in [0.25, 0.3) is 10.4 Å². The van der Waals surface area contributed by atoms with Crippen molar-refractivity contribution in [1.29, 1.82) is 0 Å². The molecule has 6 heteroatoms. The second-order valence-electron chi connectivity index (χ2n) is 3.51. The topological polar surface area (TPSA) is 52.3 Å². The van der Waals surface area contributed by atoms with Gasteiger partial charge in [-0.15, -0.1) is 11.3 Å². The van der Waals surface area contributed by atoms with E-state index in [4.69, 9.17) is 5.73 Å². The summed E-state index contributed by atoms with van der Waals surface area (Å²) in [6.45, 7) is 0. The van der Waals surface area contributed by atoms with Crippen LogP contribution in [0.15, 0.2) is 28.7 Å². The van der Waals surface area contributed by atoms with Gasteiger partial charge in [-0.3, -0.25) is 0 Å². The lowest BCUT2D eigenvalue weighted by Crippen LogP contribution is -2.00. The Morgan fingerprint density at radius 3 is 2.83 bits per heavy atom. The highest BCUT2D eigenvalue weighted by atomic mass is 79.9. The molecule has 0 aliphatic rings. The zero-order valence-corrected chi connectivity index (χ0v) is 11.8. The molecular weight excluding hydrogens is 321 g/mol. The fourth-order valence-electron chi connectivity index (χ4n) is 1.48. The molecule has 0 unspecified atom stereocenters. The van der Waals surface area contributed by atoms with Crippen molar-refractivity contribution >= 4 is 38.9 Å². The molecule has 94 valence electrons. The number of nitrogens with two attached hydrogens (primary N) is 1. The minimum Gasteiger partial charge on any atom is -0.465 e. The molecule has 3 nitrogen and oxygen atoms in total. The molecule has 0 atom stereocenters. The van der Waals surface area contributed by atoms with E-state index in [1.807, 2.05) is 0 Å². The minimum atomic E-state index is -0.490. The molecule has 0 saturated heterocycles. The zero-order chi connectivity index (χ0) is 13.3. The van der Waals surface area contributed by atoms with Crippen LogP contribution in [0, 0.1) is 5.82 Å². The van der Waals surface area contributed by atoms with E-state index in [0.717, 1.165) is 4.47 Å². The molecule has 0 aliphatic carbocycles. The molecular formula is C12H9BrFNO2S. The Hall–Kier alpha value is -1.40. The lowest BCUT2D eigenvalue weighted by molar-refractivity contribution is 0.0607. The number of ether oxygens (including phenoxy) is 1. The molecule has 2 aromatic rings. The number of rotatable bonds is 2. The summed E-state index contributed by atoms with van der Waals surface area (Å²) in [5.74, 6) is -0.837. The maximum absolute atomic E-state index is 13.2. The van der Waals surface area contributed by atoms with E-state index in [1.54, 1.807) is 12.1 Å². The fraction of sp³-hybridized carbons (Fsp3) is 0.0833. The predicted molar refractivity (Wildman–Crippen MR) is 73.2 cm³/mol. The van der Waals surface area contributed by atoms with Crippen LogP contribution < -0.4 is 5.73 Å². The monoisotopic (exact) mass is 329 g/mol. The van der Waals surface area contributed by atoms with Gasteiger partial charge in [-0.25, -0.2) is 9.18 Å².